The zero-order chi connectivity index (χ0) is 12.6. The molecule has 17 heavy (non-hydrogen) atoms. The van der Waals surface area contributed by atoms with Crippen molar-refractivity contribution in [2.24, 2.45) is 0 Å². The Bertz CT molecular complexity index is 578. The zero-order valence-corrected chi connectivity index (χ0v) is 11.6. The third-order valence-electron chi connectivity index (χ3n) is 2.40. The lowest BCUT2D eigenvalue weighted by Crippen LogP contribution is -2.29. The van der Waals surface area contributed by atoms with Crippen LogP contribution in [0.2, 0.25) is 5.02 Å². The first-order valence-electron chi connectivity index (χ1n) is 5.39. The van der Waals surface area contributed by atoms with Crippen LogP contribution in [0, 0.1) is 0 Å². The van der Waals surface area contributed by atoms with Gasteiger partial charge in [0.05, 0.1) is 10.4 Å². The molecule has 0 unspecified atom stereocenters. The van der Waals surface area contributed by atoms with E-state index >= 15 is 0 Å². The van der Waals surface area contributed by atoms with Gasteiger partial charge in [-0.15, -0.1) is 0 Å². The van der Waals surface area contributed by atoms with Gasteiger partial charge in [-0.25, -0.2) is 0 Å². The molecule has 2 aromatic rings. The first kappa shape index (κ1) is 12.4. The van der Waals surface area contributed by atoms with Crippen LogP contribution in [-0.2, 0) is 5.54 Å². The fraction of sp³-hybridized carbons (Fsp3) is 0.308. The second-order valence-electron chi connectivity index (χ2n) is 4.87. The standard InChI is InChI=1S/C13H14ClNOS/c1-13(2,3)15-12(16)10(14)11(17-15)9-7-5-4-6-8-9/h4-8H,1-3H3. The Labute approximate surface area is 110 Å². The van der Waals surface area contributed by atoms with Crippen LogP contribution in [0.4, 0.5) is 0 Å². The maximum atomic E-state index is 12.1. The topological polar surface area (TPSA) is 22.0 Å². The van der Waals surface area contributed by atoms with Crippen LogP contribution in [0.3, 0.4) is 0 Å². The van der Waals surface area contributed by atoms with E-state index in [2.05, 4.69) is 0 Å². The van der Waals surface area contributed by atoms with Gasteiger partial charge in [-0.05, 0) is 26.3 Å². The lowest BCUT2D eigenvalue weighted by atomic mass is 10.1. The molecule has 4 heteroatoms. The normalized spacial score (nSPS) is 11.8. The molecule has 0 saturated heterocycles. The molecule has 0 fully saturated rings. The summed E-state index contributed by atoms with van der Waals surface area (Å²) in [6.45, 7) is 5.99. The van der Waals surface area contributed by atoms with E-state index in [9.17, 15) is 4.79 Å². The van der Waals surface area contributed by atoms with E-state index in [4.69, 9.17) is 11.6 Å². The minimum atomic E-state index is -0.238. The summed E-state index contributed by atoms with van der Waals surface area (Å²) in [4.78, 5) is 12.9. The largest absolute Gasteiger partial charge is 0.280 e. The Morgan fingerprint density at radius 3 is 2.24 bits per heavy atom. The van der Waals surface area contributed by atoms with Gasteiger partial charge in [-0.3, -0.25) is 8.75 Å². The first-order valence-corrected chi connectivity index (χ1v) is 6.54. The summed E-state index contributed by atoms with van der Waals surface area (Å²) in [6.07, 6.45) is 0. The number of hydrogen-bond donors (Lipinski definition) is 0. The van der Waals surface area contributed by atoms with E-state index in [1.807, 2.05) is 51.1 Å². The lowest BCUT2D eigenvalue weighted by molar-refractivity contribution is 0.419. The Balaban J connectivity index is 2.63. The maximum Gasteiger partial charge on any atom is 0.280 e. The Hall–Kier alpha value is -1.06. The van der Waals surface area contributed by atoms with Crippen LogP contribution in [-0.4, -0.2) is 3.96 Å². The molecule has 2 rings (SSSR count). The third-order valence-corrected chi connectivity index (χ3v) is 4.38. The Kier molecular flexibility index (Phi) is 3.15. The second kappa shape index (κ2) is 4.31. The number of halogens is 1. The summed E-state index contributed by atoms with van der Waals surface area (Å²) in [5, 5.41) is 0.316. The highest BCUT2D eigenvalue weighted by atomic mass is 35.5. The predicted molar refractivity (Wildman–Crippen MR) is 74.0 cm³/mol. The molecule has 1 aromatic carbocycles. The van der Waals surface area contributed by atoms with Gasteiger partial charge in [0.1, 0.15) is 5.02 Å². The van der Waals surface area contributed by atoms with Crippen molar-refractivity contribution in [3.63, 3.8) is 0 Å². The van der Waals surface area contributed by atoms with Crippen LogP contribution < -0.4 is 5.56 Å². The average molecular weight is 268 g/mol. The Morgan fingerprint density at radius 2 is 1.76 bits per heavy atom. The molecular formula is C13H14ClNOS. The van der Waals surface area contributed by atoms with Crippen LogP contribution >= 0.6 is 23.1 Å². The number of aromatic nitrogens is 1. The van der Waals surface area contributed by atoms with Gasteiger partial charge in [0.25, 0.3) is 5.56 Å². The summed E-state index contributed by atoms with van der Waals surface area (Å²) >= 11 is 7.55. The quantitative estimate of drug-likeness (QED) is 0.766. The SMILES string of the molecule is CC(C)(C)n1sc(-c2ccccc2)c(Cl)c1=O. The van der Waals surface area contributed by atoms with Gasteiger partial charge in [0.2, 0.25) is 0 Å². The van der Waals surface area contributed by atoms with Crippen molar-refractivity contribution in [1.82, 2.24) is 3.96 Å². The number of benzene rings is 1. The molecule has 0 spiro atoms. The predicted octanol–water partition coefficient (Wildman–Crippen LogP) is 3.99. The molecule has 2 nitrogen and oxygen atoms in total. The monoisotopic (exact) mass is 267 g/mol. The minimum Gasteiger partial charge on any atom is -0.267 e. The average Bonchev–Trinajstić information content (AvgIpc) is 2.57. The van der Waals surface area contributed by atoms with E-state index in [0.29, 0.717) is 5.02 Å². The molecular weight excluding hydrogens is 254 g/mol. The van der Waals surface area contributed by atoms with E-state index in [1.165, 1.54) is 11.5 Å². The Morgan fingerprint density at radius 1 is 1.18 bits per heavy atom. The minimum absolute atomic E-state index is 0.108. The third kappa shape index (κ3) is 2.31. The number of rotatable bonds is 1. The molecule has 0 amide bonds. The summed E-state index contributed by atoms with van der Waals surface area (Å²) in [5.74, 6) is 0. The molecule has 0 aliphatic heterocycles. The fourth-order valence-corrected chi connectivity index (χ4v) is 2.96. The van der Waals surface area contributed by atoms with Crippen molar-refractivity contribution >= 4 is 23.1 Å². The fourth-order valence-electron chi connectivity index (χ4n) is 1.57. The molecule has 0 saturated carbocycles. The van der Waals surface area contributed by atoms with Gasteiger partial charge in [-0.1, -0.05) is 53.5 Å². The highest BCUT2D eigenvalue weighted by Gasteiger charge is 2.22. The van der Waals surface area contributed by atoms with Gasteiger partial charge in [-0.2, -0.15) is 0 Å². The molecule has 1 aromatic heterocycles. The summed E-state index contributed by atoms with van der Waals surface area (Å²) in [5.41, 5.74) is 0.643. The lowest BCUT2D eigenvalue weighted by Gasteiger charge is -2.18. The first-order chi connectivity index (χ1) is 7.91. The molecule has 0 N–H and O–H groups in total. The van der Waals surface area contributed by atoms with E-state index in [1.54, 1.807) is 3.96 Å². The summed E-state index contributed by atoms with van der Waals surface area (Å²) in [7, 11) is 0. The van der Waals surface area contributed by atoms with Crippen molar-refractivity contribution in [2.75, 3.05) is 0 Å². The second-order valence-corrected chi connectivity index (χ2v) is 6.20. The summed E-state index contributed by atoms with van der Waals surface area (Å²) < 4.78 is 1.72. The van der Waals surface area contributed by atoms with Crippen LogP contribution in [0.25, 0.3) is 10.4 Å². The molecule has 0 aliphatic rings. The van der Waals surface area contributed by atoms with Crippen molar-refractivity contribution in [1.29, 1.82) is 0 Å². The van der Waals surface area contributed by atoms with Crippen molar-refractivity contribution in [2.45, 2.75) is 26.3 Å². The van der Waals surface area contributed by atoms with E-state index in [-0.39, 0.29) is 11.1 Å². The molecule has 0 radical (unpaired) electrons. The highest BCUT2D eigenvalue weighted by Crippen LogP contribution is 2.32. The smallest absolute Gasteiger partial charge is 0.267 e. The van der Waals surface area contributed by atoms with E-state index in [0.717, 1.165) is 10.4 Å². The summed E-state index contributed by atoms with van der Waals surface area (Å²) in [6, 6.07) is 9.75. The maximum absolute atomic E-state index is 12.1. The molecule has 0 bridgehead atoms. The van der Waals surface area contributed by atoms with Crippen molar-refractivity contribution < 1.29 is 0 Å². The van der Waals surface area contributed by atoms with Crippen molar-refractivity contribution in [3.8, 4) is 10.4 Å². The van der Waals surface area contributed by atoms with Gasteiger partial charge in [0, 0.05) is 0 Å². The van der Waals surface area contributed by atoms with Gasteiger partial charge >= 0.3 is 0 Å². The molecule has 1 heterocycles. The van der Waals surface area contributed by atoms with Crippen LogP contribution in [0.15, 0.2) is 35.1 Å². The van der Waals surface area contributed by atoms with E-state index < -0.39 is 0 Å². The van der Waals surface area contributed by atoms with Crippen LogP contribution in [0.1, 0.15) is 20.8 Å². The molecule has 0 aliphatic carbocycles. The van der Waals surface area contributed by atoms with Gasteiger partial charge < -0.3 is 0 Å². The van der Waals surface area contributed by atoms with Gasteiger partial charge in [0.15, 0.2) is 0 Å². The number of nitrogens with zero attached hydrogens (tertiary/aromatic N) is 1. The highest BCUT2D eigenvalue weighted by molar-refractivity contribution is 7.11. The molecule has 90 valence electrons. The molecule has 0 atom stereocenters. The number of hydrogen-bond acceptors (Lipinski definition) is 2. The van der Waals surface area contributed by atoms with Crippen LogP contribution in [0.5, 0.6) is 0 Å². The van der Waals surface area contributed by atoms with Crippen molar-refractivity contribution in [3.05, 3.63) is 45.7 Å². The zero-order valence-electron chi connectivity index (χ0n) is 10.0.